The second kappa shape index (κ2) is 14.1. The first-order chi connectivity index (χ1) is 18.3. The van der Waals surface area contributed by atoms with Gasteiger partial charge >= 0.3 is 6.03 Å². The number of rotatable bonds is 12. The third-order valence-corrected chi connectivity index (χ3v) is 6.63. The summed E-state index contributed by atoms with van der Waals surface area (Å²) in [6, 6.07) is 4.87. The molecular formula is C26H38ClN7O4. The van der Waals surface area contributed by atoms with Crippen LogP contribution in [0.2, 0.25) is 5.02 Å². The zero-order chi connectivity index (χ0) is 27.7. The van der Waals surface area contributed by atoms with E-state index < -0.39 is 11.9 Å². The van der Waals surface area contributed by atoms with E-state index in [2.05, 4.69) is 20.6 Å². The summed E-state index contributed by atoms with van der Waals surface area (Å²) < 4.78 is 5.23. The number of nitrogens with one attached hydrogen (secondary N) is 2. The van der Waals surface area contributed by atoms with Crippen molar-refractivity contribution in [3.05, 3.63) is 40.5 Å². The molecule has 208 valence electrons. The van der Waals surface area contributed by atoms with Gasteiger partial charge in [0.05, 0.1) is 24.8 Å². The third-order valence-electron chi connectivity index (χ3n) is 6.33. The molecule has 11 nitrogen and oxygen atoms in total. The van der Waals surface area contributed by atoms with Crippen molar-refractivity contribution in [1.29, 1.82) is 0 Å². The molecule has 0 spiro atoms. The Morgan fingerprint density at radius 1 is 1.29 bits per heavy atom. The number of aliphatic hydroxyl groups excluding tert-OH is 1. The molecule has 1 atom stereocenters. The summed E-state index contributed by atoms with van der Waals surface area (Å²) in [6.45, 7) is 4.20. The lowest BCUT2D eigenvalue weighted by Crippen LogP contribution is -2.45. The van der Waals surface area contributed by atoms with Crippen LogP contribution in [0.3, 0.4) is 0 Å². The summed E-state index contributed by atoms with van der Waals surface area (Å²) >= 11 is 6.30. The number of aliphatic hydroxyl groups is 1. The molecule has 1 saturated heterocycles. The lowest BCUT2D eigenvalue weighted by Gasteiger charge is -2.25. The molecule has 38 heavy (non-hydrogen) atoms. The van der Waals surface area contributed by atoms with Gasteiger partial charge in [0.2, 0.25) is 5.95 Å². The molecule has 1 fully saturated rings. The Morgan fingerprint density at radius 2 is 2.08 bits per heavy atom. The minimum Gasteiger partial charge on any atom is -0.495 e. The lowest BCUT2D eigenvalue weighted by molar-refractivity contribution is 0.0796. The number of ether oxygens (including phenoxy) is 1. The summed E-state index contributed by atoms with van der Waals surface area (Å²) in [7, 11) is 5.43. The maximum atomic E-state index is 13.7. The number of halogens is 1. The molecule has 0 radical (unpaired) electrons. The molecule has 2 heterocycles. The van der Waals surface area contributed by atoms with E-state index >= 15 is 0 Å². The predicted molar refractivity (Wildman–Crippen MR) is 148 cm³/mol. The molecule has 3 amide bonds. The van der Waals surface area contributed by atoms with E-state index in [0.717, 1.165) is 24.9 Å². The minimum absolute atomic E-state index is 0.00596. The molecule has 12 heteroatoms. The van der Waals surface area contributed by atoms with E-state index in [0.29, 0.717) is 48.6 Å². The van der Waals surface area contributed by atoms with Gasteiger partial charge in [-0.25, -0.2) is 9.78 Å². The van der Waals surface area contributed by atoms with Crippen molar-refractivity contribution in [3.63, 3.8) is 0 Å². The second-order valence-corrected chi connectivity index (χ2v) is 9.78. The summed E-state index contributed by atoms with van der Waals surface area (Å²) in [6.07, 6.45) is 3.83. The average molecular weight is 548 g/mol. The molecule has 1 aromatic heterocycles. The zero-order valence-electron chi connectivity index (χ0n) is 22.5. The summed E-state index contributed by atoms with van der Waals surface area (Å²) in [5, 5.41) is 16.2. The Kier molecular flexibility index (Phi) is 10.9. The molecule has 2 aromatic rings. The highest BCUT2D eigenvalue weighted by Gasteiger charge is 2.29. The van der Waals surface area contributed by atoms with E-state index in [-0.39, 0.29) is 24.8 Å². The quantitative estimate of drug-likeness (QED) is 0.368. The van der Waals surface area contributed by atoms with Gasteiger partial charge in [-0.1, -0.05) is 17.7 Å². The highest BCUT2D eigenvalue weighted by molar-refractivity contribution is 6.32. The summed E-state index contributed by atoms with van der Waals surface area (Å²) in [5.41, 5.74) is 1.04. The van der Waals surface area contributed by atoms with E-state index in [4.69, 9.17) is 16.3 Å². The molecule has 0 saturated carbocycles. The van der Waals surface area contributed by atoms with Gasteiger partial charge in [-0.3, -0.25) is 9.69 Å². The van der Waals surface area contributed by atoms with E-state index in [1.807, 2.05) is 30.0 Å². The van der Waals surface area contributed by atoms with Crippen LogP contribution in [-0.4, -0.2) is 96.8 Å². The van der Waals surface area contributed by atoms with Crippen LogP contribution < -0.4 is 20.3 Å². The zero-order valence-corrected chi connectivity index (χ0v) is 23.3. The molecule has 3 N–H and O–H groups in total. The SMILES string of the molecule is CCNC(=O)N(CCCN(C)C)C(=O)c1cnc(N2CCC[C@H]2CO)nc1NCc1ccc(OC)c(Cl)c1. The Bertz CT molecular complexity index is 1100. The van der Waals surface area contributed by atoms with Gasteiger partial charge in [0.1, 0.15) is 17.1 Å². The fourth-order valence-electron chi connectivity index (χ4n) is 4.33. The van der Waals surface area contributed by atoms with E-state index in [9.17, 15) is 14.7 Å². The molecule has 0 unspecified atom stereocenters. The first kappa shape index (κ1) is 29.4. The largest absolute Gasteiger partial charge is 0.495 e. The lowest BCUT2D eigenvalue weighted by atomic mass is 10.2. The van der Waals surface area contributed by atoms with Crippen molar-refractivity contribution in [3.8, 4) is 5.75 Å². The number of benzene rings is 1. The Hall–Kier alpha value is -3.15. The first-order valence-corrected chi connectivity index (χ1v) is 13.2. The molecule has 0 bridgehead atoms. The van der Waals surface area contributed by atoms with Crippen molar-refractivity contribution in [2.45, 2.75) is 38.8 Å². The number of carbonyl (C=O) groups excluding carboxylic acids is 2. The molecule has 1 aliphatic rings. The topological polar surface area (TPSA) is 123 Å². The molecule has 1 aromatic carbocycles. The van der Waals surface area contributed by atoms with E-state index in [1.165, 1.54) is 11.1 Å². The average Bonchev–Trinajstić information content (AvgIpc) is 3.38. The molecule has 3 rings (SSSR count). The van der Waals surface area contributed by atoms with Gasteiger partial charge in [-0.15, -0.1) is 0 Å². The van der Waals surface area contributed by atoms with Crippen LogP contribution in [0.25, 0.3) is 0 Å². The monoisotopic (exact) mass is 547 g/mol. The van der Waals surface area contributed by atoms with Crippen molar-refractivity contribution in [1.82, 2.24) is 25.1 Å². The van der Waals surface area contributed by atoms with Crippen LogP contribution in [0.1, 0.15) is 42.1 Å². The Labute approximate surface area is 229 Å². The van der Waals surface area contributed by atoms with Crippen molar-refractivity contribution in [2.75, 3.05) is 64.2 Å². The number of hydrogen-bond acceptors (Lipinski definition) is 9. The van der Waals surface area contributed by atoms with Crippen LogP contribution in [0.5, 0.6) is 5.75 Å². The maximum Gasteiger partial charge on any atom is 0.324 e. The van der Waals surface area contributed by atoms with Crippen molar-refractivity contribution < 1.29 is 19.4 Å². The molecule has 0 aliphatic carbocycles. The van der Waals surface area contributed by atoms with Crippen molar-refractivity contribution in [2.24, 2.45) is 0 Å². The van der Waals surface area contributed by atoms with Gasteiger partial charge < -0.3 is 30.3 Å². The van der Waals surface area contributed by atoms with Gasteiger partial charge in [0, 0.05) is 32.4 Å². The van der Waals surface area contributed by atoms with Crippen LogP contribution in [0, 0.1) is 0 Å². The smallest absolute Gasteiger partial charge is 0.324 e. The number of aromatic nitrogens is 2. The highest BCUT2D eigenvalue weighted by atomic mass is 35.5. The first-order valence-electron chi connectivity index (χ1n) is 12.8. The normalized spacial score (nSPS) is 15.0. The predicted octanol–water partition coefficient (Wildman–Crippen LogP) is 2.84. The van der Waals surface area contributed by atoms with Crippen LogP contribution in [0.15, 0.2) is 24.4 Å². The third kappa shape index (κ3) is 7.46. The fraction of sp³-hybridized carbons (Fsp3) is 0.538. The fourth-order valence-corrected chi connectivity index (χ4v) is 4.61. The van der Waals surface area contributed by atoms with Crippen LogP contribution >= 0.6 is 11.6 Å². The minimum atomic E-state index is -0.489. The van der Waals surface area contributed by atoms with Crippen LogP contribution in [-0.2, 0) is 6.54 Å². The van der Waals surface area contributed by atoms with Gasteiger partial charge in [0.25, 0.3) is 5.91 Å². The number of nitrogens with zero attached hydrogens (tertiary/aromatic N) is 5. The molecule has 1 aliphatic heterocycles. The second-order valence-electron chi connectivity index (χ2n) is 9.38. The summed E-state index contributed by atoms with van der Waals surface area (Å²) in [5.74, 6) is 0.801. The maximum absolute atomic E-state index is 13.7. The number of anilines is 2. The van der Waals surface area contributed by atoms with Gasteiger partial charge in [-0.2, -0.15) is 4.98 Å². The Balaban J connectivity index is 1.93. The standard InChI is InChI=1S/C26H38ClN7O4/c1-5-28-26(37)34(13-7-11-32(2)3)24(36)20-16-30-25(33-12-6-8-19(33)17-35)31-23(20)29-15-18-9-10-22(38-4)21(27)14-18/h9-10,14,16,19,35H,5-8,11-13,15,17H2,1-4H3,(H,28,37)(H,29,30,31)/t19-/m0/s1. The number of carbonyl (C=O) groups is 2. The number of amides is 3. The van der Waals surface area contributed by atoms with Crippen LogP contribution in [0.4, 0.5) is 16.6 Å². The highest BCUT2D eigenvalue weighted by Crippen LogP contribution is 2.27. The number of urea groups is 1. The summed E-state index contributed by atoms with van der Waals surface area (Å²) in [4.78, 5) is 40.8. The van der Waals surface area contributed by atoms with Gasteiger partial charge in [-0.05, 0) is 64.5 Å². The number of hydrogen-bond donors (Lipinski definition) is 3. The van der Waals surface area contributed by atoms with E-state index in [1.54, 1.807) is 26.2 Å². The molecular weight excluding hydrogens is 510 g/mol. The number of imide groups is 1. The van der Waals surface area contributed by atoms with Gasteiger partial charge in [0.15, 0.2) is 0 Å². The Morgan fingerprint density at radius 3 is 2.74 bits per heavy atom. The number of methoxy groups -OCH3 is 1. The van der Waals surface area contributed by atoms with Crippen molar-refractivity contribution >= 4 is 35.3 Å².